The van der Waals surface area contributed by atoms with Crippen LogP contribution in [0.15, 0.2) is 94.1 Å². The van der Waals surface area contributed by atoms with Gasteiger partial charge in [-0.1, -0.05) is 114 Å². The van der Waals surface area contributed by atoms with Gasteiger partial charge in [-0.05, 0) is 39.6 Å². The molecule has 0 radical (unpaired) electrons. The fourth-order valence-electron chi connectivity index (χ4n) is 5.66. The summed E-state index contributed by atoms with van der Waals surface area (Å²) in [7, 11) is -5.71. The van der Waals surface area contributed by atoms with Crippen LogP contribution >= 0.6 is 11.6 Å². The Morgan fingerprint density at radius 3 is 1.95 bits per heavy atom. The molecule has 238 valence electrons. The average Bonchev–Trinajstić information content (AvgIpc) is 3.19. The predicted octanol–water partition coefficient (Wildman–Crippen LogP) is 5.86. The Kier molecular flexibility index (Phi) is 9.85. The zero-order valence-corrected chi connectivity index (χ0v) is 29.5. The number of aromatic amines is 1. The molecule has 1 aliphatic rings. The van der Waals surface area contributed by atoms with E-state index in [-0.39, 0.29) is 16.7 Å². The molecule has 11 heteroatoms. The molecule has 0 unspecified atom stereocenters. The lowest BCUT2D eigenvalue weighted by Crippen LogP contribution is -2.68. The standard InChI is InChI=1S/C33H44ClFN2O5Si2/c1-31(2,3)43(7,8)42-28-27(35)29(37-22-19-26(38)36-30(37)39)41-33(28,20-21-34)23-40-44(32(4,5)6,24-15-11-9-12-16-24)25-17-13-10-14-18-25/h9-22,27-29H,23H2,1-8H3,(H,36,38,39)/b21-20-/t27-,28-,29+,33+/m0/s1. The van der Waals surface area contributed by atoms with Crippen molar-refractivity contribution >= 4 is 38.6 Å². The molecule has 1 fully saturated rings. The highest BCUT2D eigenvalue weighted by molar-refractivity contribution is 6.99. The normalized spacial score (nSPS) is 23.4. The number of H-pyrrole nitrogens is 1. The number of hydrogen-bond donors (Lipinski definition) is 1. The summed E-state index contributed by atoms with van der Waals surface area (Å²) in [5.41, 5.74) is -1.59. The summed E-state index contributed by atoms with van der Waals surface area (Å²) in [6.07, 6.45) is -1.54. The Balaban J connectivity index is 1.91. The molecule has 1 aliphatic heterocycles. The van der Waals surface area contributed by atoms with E-state index in [4.69, 9.17) is 25.2 Å². The van der Waals surface area contributed by atoms with Crippen molar-refractivity contribution in [1.82, 2.24) is 9.55 Å². The number of rotatable bonds is 9. The summed E-state index contributed by atoms with van der Waals surface area (Å²) in [6.45, 7) is 16.7. The Morgan fingerprint density at radius 2 is 1.50 bits per heavy atom. The van der Waals surface area contributed by atoms with E-state index in [0.717, 1.165) is 21.0 Å². The quantitative estimate of drug-likeness (QED) is 0.291. The molecule has 0 saturated carbocycles. The molecular weight excluding hydrogens is 615 g/mol. The van der Waals surface area contributed by atoms with Gasteiger partial charge in [0, 0.05) is 17.8 Å². The van der Waals surface area contributed by atoms with E-state index in [1.807, 2.05) is 49.5 Å². The molecule has 0 spiro atoms. The minimum absolute atomic E-state index is 0.0994. The van der Waals surface area contributed by atoms with Gasteiger partial charge in [0.1, 0.15) is 11.7 Å². The van der Waals surface area contributed by atoms with Crippen molar-refractivity contribution in [1.29, 1.82) is 0 Å². The van der Waals surface area contributed by atoms with Crippen LogP contribution in [0.25, 0.3) is 0 Å². The Bertz CT molecular complexity index is 1530. The van der Waals surface area contributed by atoms with E-state index in [1.54, 1.807) is 6.08 Å². The van der Waals surface area contributed by atoms with E-state index in [0.29, 0.717) is 0 Å². The minimum Gasteiger partial charge on any atom is -0.407 e. The number of nitrogens with zero attached hydrogens (tertiary/aromatic N) is 1. The van der Waals surface area contributed by atoms with Gasteiger partial charge in [0.05, 0.1) is 6.61 Å². The van der Waals surface area contributed by atoms with Gasteiger partial charge in [-0.3, -0.25) is 14.3 Å². The van der Waals surface area contributed by atoms with Gasteiger partial charge in [-0.2, -0.15) is 0 Å². The number of hydrogen-bond acceptors (Lipinski definition) is 5. The van der Waals surface area contributed by atoms with Crippen LogP contribution in [0, 0.1) is 0 Å². The molecule has 3 aromatic rings. The monoisotopic (exact) mass is 658 g/mol. The lowest BCUT2D eigenvalue weighted by Gasteiger charge is -2.46. The topological polar surface area (TPSA) is 82.6 Å². The van der Waals surface area contributed by atoms with Gasteiger partial charge in [0.15, 0.2) is 20.7 Å². The highest BCUT2D eigenvalue weighted by atomic mass is 35.5. The van der Waals surface area contributed by atoms with E-state index in [2.05, 4.69) is 70.8 Å². The van der Waals surface area contributed by atoms with Crippen LogP contribution in [-0.4, -0.2) is 50.7 Å². The molecule has 7 nitrogen and oxygen atoms in total. The second-order valence-electron chi connectivity index (χ2n) is 14.0. The van der Waals surface area contributed by atoms with Crippen molar-refractivity contribution in [3.05, 3.63) is 105 Å². The van der Waals surface area contributed by atoms with Gasteiger partial charge in [-0.15, -0.1) is 0 Å². The smallest absolute Gasteiger partial charge is 0.330 e. The second-order valence-corrected chi connectivity index (χ2v) is 23.3. The predicted molar refractivity (Wildman–Crippen MR) is 180 cm³/mol. The van der Waals surface area contributed by atoms with Crippen molar-refractivity contribution in [3.63, 3.8) is 0 Å². The highest BCUT2D eigenvalue weighted by Gasteiger charge is 2.61. The summed E-state index contributed by atoms with van der Waals surface area (Å²) in [5, 5.41) is 1.48. The zero-order valence-electron chi connectivity index (χ0n) is 26.8. The van der Waals surface area contributed by atoms with Crippen molar-refractivity contribution in [2.75, 3.05) is 6.61 Å². The second kappa shape index (κ2) is 12.7. The highest BCUT2D eigenvalue weighted by Crippen LogP contribution is 2.48. The third-order valence-electron chi connectivity index (χ3n) is 9.01. The van der Waals surface area contributed by atoms with Crippen molar-refractivity contribution < 1.29 is 18.0 Å². The molecule has 2 aromatic carbocycles. The van der Waals surface area contributed by atoms with Crippen molar-refractivity contribution in [3.8, 4) is 0 Å². The van der Waals surface area contributed by atoms with Crippen LogP contribution in [0.4, 0.5) is 4.39 Å². The van der Waals surface area contributed by atoms with Crippen LogP contribution in [-0.2, 0) is 13.6 Å². The number of ether oxygens (including phenoxy) is 1. The summed E-state index contributed by atoms with van der Waals surface area (Å²) < 4.78 is 38.5. The SMILES string of the molecule is CC(C)(C)[Si](C)(C)O[C@H]1[C@H](F)[C@H](n2ccc(=O)[nH]c2=O)O[C@]1(/C=C\Cl)CO[Si](c1ccccc1)(c1ccccc1)C(C)(C)C. The zero-order chi connectivity index (χ0) is 32.6. The molecule has 4 rings (SSSR count). The van der Waals surface area contributed by atoms with Gasteiger partial charge >= 0.3 is 5.69 Å². The van der Waals surface area contributed by atoms with E-state index in [1.165, 1.54) is 11.7 Å². The summed E-state index contributed by atoms with van der Waals surface area (Å²) in [5.74, 6) is 0. The van der Waals surface area contributed by atoms with E-state index in [9.17, 15) is 9.59 Å². The molecule has 44 heavy (non-hydrogen) atoms. The molecule has 4 atom stereocenters. The average molecular weight is 659 g/mol. The first kappa shape index (κ1) is 34.3. The van der Waals surface area contributed by atoms with Gasteiger partial charge < -0.3 is 13.6 Å². The largest absolute Gasteiger partial charge is 0.407 e. The first-order valence-electron chi connectivity index (χ1n) is 14.8. The molecule has 0 aliphatic carbocycles. The number of halogens is 2. The summed E-state index contributed by atoms with van der Waals surface area (Å²) in [6, 6.07) is 21.4. The molecular formula is C33H44ClFN2O5Si2. The first-order valence-corrected chi connectivity index (χ1v) is 20.1. The van der Waals surface area contributed by atoms with Crippen LogP contribution in [0.3, 0.4) is 0 Å². The van der Waals surface area contributed by atoms with Crippen molar-refractivity contribution in [2.45, 2.75) is 88.8 Å². The van der Waals surface area contributed by atoms with Crippen LogP contribution in [0.5, 0.6) is 0 Å². The number of alkyl halides is 1. The van der Waals surface area contributed by atoms with Gasteiger partial charge in [-0.25, -0.2) is 9.18 Å². The third kappa shape index (κ3) is 6.38. The molecule has 1 saturated heterocycles. The number of nitrogens with one attached hydrogen (secondary N) is 1. The van der Waals surface area contributed by atoms with Crippen LogP contribution < -0.4 is 21.6 Å². The Morgan fingerprint density at radius 1 is 0.955 bits per heavy atom. The maximum absolute atomic E-state index is 16.9. The fraction of sp³-hybridized carbons (Fsp3) is 0.455. The molecule has 1 aromatic heterocycles. The number of aromatic nitrogens is 2. The molecule has 0 bridgehead atoms. The van der Waals surface area contributed by atoms with Crippen LogP contribution in [0.2, 0.25) is 23.2 Å². The summed E-state index contributed by atoms with van der Waals surface area (Å²) >= 11 is 6.28. The number of benzene rings is 2. The summed E-state index contributed by atoms with van der Waals surface area (Å²) in [4.78, 5) is 26.9. The van der Waals surface area contributed by atoms with Gasteiger partial charge in [0.2, 0.25) is 0 Å². The Hall–Kier alpha value is -2.61. The van der Waals surface area contributed by atoms with Crippen molar-refractivity contribution in [2.24, 2.45) is 0 Å². The van der Waals surface area contributed by atoms with E-state index >= 15 is 4.39 Å². The van der Waals surface area contributed by atoms with Gasteiger partial charge in [0.25, 0.3) is 13.9 Å². The molecule has 1 N–H and O–H groups in total. The minimum atomic E-state index is -3.10. The fourth-order valence-corrected chi connectivity index (χ4v) is 11.8. The maximum atomic E-state index is 16.9. The lowest BCUT2D eigenvalue weighted by molar-refractivity contribution is -0.0930. The molecule has 0 amide bonds. The third-order valence-corrected chi connectivity index (χ3v) is 18.6. The molecule has 2 heterocycles. The van der Waals surface area contributed by atoms with Crippen LogP contribution in [0.1, 0.15) is 47.8 Å². The lowest BCUT2D eigenvalue weighted by atomic mass is 9.97. The van der Waals surface area contributed by atoms with E-state index < -0.39 is 52.0 Å². The Labute approximate surface area is 266 Å². The first-order chi connectivity index (χ1) is 20.5. The maximum Gasteiger partial charge on any atom is 0.330 e.